The molecule has 0 aromatic carbocycles. The van der Waals surface area contributed by atoms with E-state index < -0.39 is 35.3 Å². The maximum Gasteiger partial charge on any atom is 0.407 e. The number of hydrogen-bond donors (Lipinski definition) is 1. The smallest absolute Gasteiger partial charge is 0.407 e. The molecule has 0 radical (unpaired) electrons. The lowest BCUT2D eigenvalue weighted by Gasteiger charge is -2.35. The van der Waals surface area contributed by atoms with E-state index in [4.69, 9.17) is 14.2 Å². The van der Waals surface area contributed by atoms with Crippen LogP contribution in [-0.4, -0.2) is 35.5 Å². The maximum atomic E-state index is 12.0. The number of carbonyl (C=O) groups excluding carboxylic acids is 3. The molecule has 0 aromatic rings. The Morgan fingerprint density at radius 2 is 1.64 bits per heavy atom. The van der Waals surface area contributed by atoms with Crippen LogP contribution in [0.2, 0.25) is 0 Å². The van der Waals surface area contributed by atoms with Crippen LogP contribution in [0.5, 0.6) is 0 Å². The van der Waals surface area contributed by atoms with Gasteiger partial charge in [0.25, 0.3) is 5.79 Å². The summed E-state index contributed by atoms with van der Waals surface area (Å²) in [7, 11) is 0. The molecule has 7 nitrogen and oxygen atoms in total. The summed E-state index contributed by atoms with van der Waals surface area (Å²) in [5.74, 6) is -2.79. The monoisotopic (exact) mass is 355 g/mol. The zero-order valence-corrected chi connectivity index (χ0v) is 15.7. The van der Waals surface area contributed by atoms with Crippen LogP contribution in [0.25, 0.3) is 0 Å². The summed E-state index contributed by atoms with van der Waals surface area (Å²) < 4.78 is 15.6. The molecule has 142 valence electrons. The van der Waals surface area contributed by atoms with Gasteiger partial charge in [0.15, 0.2) is 5.92 Å². The van der Waals surface area contributed by atoms with Crippen molar-refractivity contribution in [3.8, 4) is 0 Å². The highest BCUT2D eigenvalue weighted by atomic mass is 16.7. The first-order valence-corrected chi connectivity index (χ1v) is 8.90. The predicted molar refractivity (Wildman–Crippen MR) is 89.5 cm³/mol. The molecule has 1 heterocycles. The van der Waals surface area contributed by atoms with Crippen LogP contribution in [0.3, 0.4) is 0 Å². The number of amides is 1. The number of nitrogens with one attached hydrogen (secondary N) is 1. The van der Waals surface area contributed by atoms with Crippen LogP contribution in [0, 0.1) is 11.8 Å². The second kappa shape index (κ2) is 7.22. The Kier molecular flexibility index (Phi) is 5.64. The van der Waals surface area contributed by atoms with Crippen LogP contribution in [0.1, 0.15) is 66.7 Å². The van der Waals surface area contributed by atoms with Gasteiger partial charge in [-0.15, -0.1) is 0 Å². The van der Waals surface area contributed by atoms with Gasteiger partial charge >= 0.3 is 18.0 Å². The first-order chi connectivity index (χ1) is 11.5. The molecule has 25 heavy (non-hydrogen) atoms. The fourth-order valence-electron chi connectivity index (χ4n) is 3.29. The lowest BCUT2D eigenvalue weighted by atomic mass is 9.80. The average Bonchev–Trinajstić information content (AvgIpc) is 2.41. The molecule has 7 heteroatoms. The molecule has 1 aliphatic carbocycles. The SMILES string of the molecule is CC(C)(C)OC(=O)NC1CCC(CC2C(=O)OC(C)(C)OC2=O)CC1. The molecule has 1 aliphatic heterocycles. The molecule has 0 unspecified atom stereocenters. The Balaban J connectivity index is 1.78. The second-order valence-corrected chi connectivity index (χ2v) is 8.39. The lowest BCUT2D eigenvalue weighted by molar-refractivity contribution is -0.240. The Labute approximate surface area is 148 Å². The normalized spacial score (nSPS) is 27.2. The third kappa shape index (κ3) is 5.90. The van der Waals surface area contributed by atoms with Gasteiger partial charge in [0.05, 0.1) is 0 Å². The van der Waals surface area contributed by atoms with Gasteiger partial charge in [0.1, 0.15) is 5.60 Å². The van der Waals surface area contributed by atoms with Crippen LogP contribution >= 0.6 is 0 Å². The van der Waals surface area contributed by atoms with Gasteiger partial charge in [0.2, 0.25) is 0 Å². The summed E-state index contributed by atoms with van der Waals surface area (Å²) in [6, 6.07) is 0.0651. The maximum absolute atomic E-state index is 12.0. The summed E-state index contributed by atoms with van der Waals surface area (Å²) >= 11 is 0. The number of hydrogen-bond acceptors (Lipinski definition) is 6. The van der Waals surface area contributed by atoms with E-state index in [1.807, 2.05) is 20.8 Å². The van der Waals surface area contributed by atoms with Gasteiger partial charge in [0, 0.05) is 19.9 Å². The van der Waals surface area contributed by atoms with Crippen molar-refractivity contribution < 1.29 is 28.6 Å². The third-order valence-electron chi connectivity index (χ3n) is 4.40. The van der Waals surface area contributed by atoms with Gasteiger partial charge in [-0.2, -0.15) is 0 Å². The number of carbonyl (C=O) groups is 3. The van der Waals surface area contributed by atoms with Crippen LogP contribution < -0.4 is 5.32 Å². The minimum absolute atomic E-state index is 0.0651. The summed E-state index contributed by atoms with van der Waals surface area (Å²) in [5.41, 5.74) is -0.517. The van der Waals surface area contributed by atoms with Crippen molar-refractivity contribution in [3.05, 3.63) is 0 Å². The molecule has 0 aromatic heterocycles. The molecule has 0 spiro atoms. The zero-order valence-electron chi connectivity index (χ0n) is 15.7. The van der Waals surface area contributed by atoms with Crippen LogP contribution in [0.15, 0.2) is 0 Å². The topological polar surface area (TPSA) is 90.9 Å². The van der Waals surface area contributed by atoms with Gasteiger partial charge in [-0.25, -0.2) is 4.79 Å². The fourth-order valence-corrected chi connectivity index (χ4v) is 3.29. The average molecular weight is 355 g/mol. The van der Waals surface area contributed by atoms with Crippen LogP contribution in [-0.2, 0) is 23.8 Å². The van der Waals surface area contributed by atoms with E-state index in [1.54, 1.807) is 13.8 Å². The van der Waals surface area contributed by atoms with Crippen molar-refractivity contribution in [2.45, 2.75) is 84.2 Å². The van der Waals surface area contributed by atoms with E-state index in [0.717, 1.165) is 25.7 Å². The number of ether oxygens (including phenoxy) is 3. The van der Waals surface area contributed by atoms with Crippen molar-refractivity contribution in [1.82, 2.24) is 5.32 Å². The summed E-state index contributed by atoms with van der Waals surface area (Å²) in [6.07, 6.45) is 3.30. The highest BCUT2D eigenvalue weighted by Gasteiger charge is 2.44. The van der Waals surface area contributed by atoms with Crippen molar-refractivity contribution in [2.24, 2.45) is 11.8 Å². The molecule has 1 amide bonds. The second-order valence-electron chi connectivity index (χ2n) is 8.39. The van der Waals surface area contributed by atoms with Gasteiger partial charge in [-0.05, 0) is 58.8 Å². The van der Waals surface area contributed by atoms with Crippen molar-refractivity contribution in [2.75, 3.05) is 0 Å². The van der Waals surface area contributed by atoms with E-state index in [2.05, 4.69) is 5.32 Å². The number of rotatable bonds is 3. The van der Waals surface area contributed by atoms with Crippen LogP contribution in [0.4, 0.5) is 4.79 Å². The number of alkyl carbamates (subject to hydrolysis) is 1. The fraction of sp³-hybridized carbons (Fsp3) is 0.833. The van der Waals surface area contributed by atoms with E-state index >= 15 is 0 Å². The molecule has 2 fully saturated rings. The van der Waals surface area contributed by atoms with Gasteiger partial charge in [-0.1, -0.05) is 0 Å². The molecule has 1 N–H and O–H groups in total. The summed E-state index contributed by atoms with van der Waals surface area (Å²) in [6.45, 7) is 8.58. The highest BCUT2D eigenvalue weighted by molar-refractivity contribution is 5.96. The molecule has 1 saturated heterocycles. The summed E-state index contributed by atoms with van der Waals surface area (Å²) in [4.78, 5) is 35.9. The molecule has 0 bridgehead atoms. The standard InChI is InChI=1S/C18H29NO6/c1-17(2,3)25-16(22)19-12-8-6-11(7-9-12)10-13-14(20)23-18(4,5)24-15(13)21/h11-13H,6-10H2,1-5H3,(H,19,22). The third-order valence-corrected chi connectivity index (χ3v) is 4.40. The minimum Gasteiger partial charge on any atom is -0.444 e. The molecule has 2 rings (SSSR count). The highest BCUT2D eigenvalue weighted by Crippen LogP contribution is 2.33. The van der Waals surface area contributed by atoms with E-state index in [0.29, 0.717) is 6.42 Å². The van der Waals surface area contributed by atoms with Crippen molar-refractivity contribution >= 4 is 18.0 Å². The first-order valence-electron chi connectivity index (χ1n) is 8.90. The predicted octanol–water partition coefficient (Wildman–Crippen LogP) is 2.91. The zero-order chi connectivity index (χ0) is 18.8. The van der Waals surface area contributed by atoms with Gasteiger partial charge < -0.3 is 19.5 Å². The Bertz CT molecular complexity index is 508. The molecular formula is C18H29NO6. The number of cyclic esters (lactones) is 2. The Morgan fingerprint density at radius 1 is 1.12 bits per heavy atom. The molecule has 1 saturated carbocycles. The van der Waals surface area contributed by atoms with Crippen molar-refractivity contribution in [3.63, 3.8) is 0 Å². The number of esters is 2. The van der Waals surface area contributed by atoms with E-state index in [-0.39, 0.29) is 12.0 Å². The Morgan fingerprint density at radius 3 is 2.12 bits per heavy atom. The van der Waals surface area contributed by atoms with Gasteiger partial charge in [-0.3, -0.25) is 9.59 Å². The molecule has 2 aliphatic rings. The first kappa shape index (κ1) is 19.5. The minimum atomic E-state index is -1.18. The van der Waals surface area contributed by atoms with Crippen molar-refractivity contribution in [1.29, 1.82) is 0 Å². The largest absolute Gasteiger partial charge is 0.444 e. The van der Waals surface area contributed by atoms with E-state index in [1.165, 1.54) is 0 Å². The quantitative estimate of drug-likeness (QED) is 0.618. The molecule has 0 atom stereocenters. The molecular weight excluding hydrogens is 326 g/mol. The van der Waals surface area contributed by atoms with E-state index in [9.17, 15) is 14.4 Å². The summed E-state index contributed by atoms with van der Waals surface area (Å²) in [5, 5.41) is 2.88. The Hall–Kier alpha value is -1.79. The lowest BCUT2D eigenvalue weighted by Crippen LogP contribution is -2.47.